The van der Waals surface area contributed by atoms with Crippen molar-refractivity contribution in [3.63, 3.8) is 0 Å². The molecule has 0 saturated carbocycles. The molecular weight excluding hydrogens is 214 g/mol. The Balaban J connectivity index is 2.20. The van der Waals surface area contributed by atoms with Crippen LogP contribution in [0.2, 0.25) is 0 Å². The van der Waals surface area contributed by atoms with E-state index in [1.54, 1.807) is 7.11 Å². The number of carbonyl (C=O) groups excluding carboxylic acids is 1. The van der Waals surface area contributed by atoms with Gasteiger partial charge in [-0.05, 0) is 30.4 Å². The Kier molecular flexibility index (Phi) is 3.79. The fraction of sp³-hybridized carbons (Fsp3) is 0.500. The Morgan fingerprint density at radius 2 is 2.24 bits per heavy atom. The molecule has 2 rings (SSSR count). The molecule has 17 heavy (non-hydrogen) atoms. The Labute approximate surface area is 102 Å². The summed E-state index contributed by atoms with van der Waals surface area (Å²) in [5.41, 5.74) is 2.67. The lowest BCUT2D eigenvalue weighted by Gasteiger charge is -2.33. The molecule has 1 amide bonds. The van der Waals surface area contributed by atoms with Gasteiger partial charge in [-0.3, -0.25) is 4.79 Å². The summed E-state index contributed by atoms with van der Waals surface area (Å²) < 4.78 is 4.91. The highest BCUT2D eigenvalue weighted by molar-refractivity contribution is 5.77. The highest BCUT2D eigenvalue weighted by atomic mass is 16.5. The van der Waals surface area contributed by atoms with Crippen molar-refractivity contribution < 1.29 is 9.53 Å². The molecule has 3 heteroatoms. The Morgan fingerprint density at radius 3 is 3.00 bits per heavy atom. The van der Waals surface area contributed by atoms with Gasteiger partial charge < -0.3 is 9.64 Å². The average Bonchev–Trinajstić information content (AvgIpc) is 2.37. The number of rotatable bonds is 3. The van der Waals surface area contributed by atoms with Gasteiger partial charge in [-0.2, -0.15) is 0 Å². The Bertz CT molecular complexity index is 403. The standard InChI is InChI=1S/C14H19NO2/c1-15(14(16)10-17-2)13-9-5-7-11-6-3-4-8-12(11)13/h3-4,6,8,13H,5,7,9-10H2,1-2H3. The minimum absolute atomic E-state index is 0.0502. The van der Waals surface area contributed by atoms with Crippen molar-refractivity contribution in [2.75, 3.05) is 20.8 Å². The number of fused-ring (bicyclic) bond motifs is 1. The first-order valence-electron chi connectivity index (χ1n) is 6.06. The van der Waals surface area contributed by atoms with Crippen LogP contribution < -0.4 is 0 Å². The van der Waals surface area contributed by atoms with E-state index in [4.69, 9.17) is 4.74 Å². The summed E-state index contributed by atoms with van der Waals surface area (Å²) in [4.78, 5) is 13.7. The van der Waals surface area contributed by atoms with Gasteiger partial charge in [0.2, 0.25) is 5.91 Å². The third-order valence-electron chi connectivity index (χ3n) is 3.47. The molecule has 0 radical (unpaired) electrons. The molecule has 92 valence electrons. The first-order valence-corrected chi connectivity index (χ1v) is 6.06. The first-order chi connectivity index (χ1) is 8.24. The molecule has 3 nitrogen and oxygen atoms in total. The van der Waals surface area contributed by atoms with Gasteiger partial charge in [0, 0.05) is 14.2 Å². The van der Waals surface area contributed by atoms with Crippen LogP contribution in [0.1, 0.15) is 30.0 Å². The number of likely N-dealkylation sites (N-methyl/N-ethyl adjacent to an activating group) is 1. The topological polar surface area (TPSA) is 29.5 Å². The van der Waals surface area contributed by atoms with Crippen LogP contribution in [0.5, 0.6) is 0 Å². The molecule has 1 aliphatic carbocycles. The molecule has 1 unspecified atom stereocenters. The van der Waals surface area contributed by atoms with Gasteiger partial charge in [-0.1, -0.05) is 24.3 Å². The van der Waals surface area contributed by atoms with E-state index in [0.717, 1.165) is 19.3 Å². The van der Waals surface area contributed by atoms with Crippen molar-refractivity contribution in [2.45, 2.75) is 25.3 Å². The second-order valence-corrected chi connectivity index (χ2v) is 4.54. The number of methoxy groups -OCH3 is 1. The number of nitrogens with zero attached hydrogens (tertiary/aromatic N) is 1. The number of ether oxygens (including phenoxy) is 1. The molecular formula is C14H19NO2. The van der Waals surface area contributed by atoms with E-state index < -0.39 is 0 Å². The van der Waals surface area contributed by atoms with Crippen molar-refractivity contribution in [3.05, 3.63) is 35.4 Å². The quantitative estimate of drug-likeness (QED) is 0.800. The van der Waals surface area contributed by atoms with Gasteiger partial charge >= 0.3 is 0 Å². The summed E-state index contributed by atoms with van der Waals surface area (Å²) in [6.07, 6.45) is 3.31. The number of benzene rings is 1. The highest BCUT2D eigenvalue weighted by Gasteiger charge is 2.25. The van der Waals surface area contributed by atoms with Crippen LogP contribution in [0.25, 0.3) is 0 Å². The van der Waals surface area contributed by atoms with Crippen LogP contribution in [-0.2, 0) is 16.0 Å². The zero-order chi connectivity index (χ0) is 12.3. The molecule has 0 saturated heterocycles. The van der Waals surface area contributed by atoms with Crippen LogP contribution in [0.4, 0.5) is 0 Å². The average molecular weight is 233 g/mol. The number of hydrogen-bond donors (Lipinski definition) is 0. The highest BCUT2D eigenvalue weighted by Crippen LogP contribution is 2.33. The van der Waals surface area contributed by atoms with E-state index in [0.29, 0.717) is 0 Å². The number of aryl methyl sites for hydroxylation is 1. The van der Waals surface area contributed by atoms with Crippen molar-refractivity contribution in [1.82, 2.24) is 4.90 Å². The maximum atomic E-state index is 11.9. The number of amides is 1. The summed E-state index contributed by atoms with van der Waals surface area (Å²) in [5, 5.41) is 0. The molecule has 0 aliphatic heterocycles. The van der Waals surface area contributed by atoms with Crippen LogP contribution in [0.3, 0.4) is 0 Å². The smallest absolute Gasteiger partial charge is 0.248 e. The lowest BCUT2D eigenvalue weighted by atomic mass is 9.87. The zero-order valence-electron chi connectivity index (χ0n) is 10.5. The molecule has 1 aromatic carbocycles. The van der Waals surface area contributed by atoms with E-state index in [1.165, 1.54) is 11.1 Å². The third-order valence-corrected chi connectivity index (χ3v) is 3.47. The maximum absolute atomic E-state index is 11.9. The lowest BCUT2D eigenvalue weighted by Crippen LogP contribution is -2.35. The van der Waals surface area contributed by atoms with Gasteiger partial charge in [-0.15, -0.1) is 0 Å². The predicted molar refractivity (Wildman–Crippen MR) is 66.8 cm³/mol. The van der Waals surface area contributed by atoms with Gasteiger partial charge in [0.25, 0.3) is 0 Å². The molecule has 0 heterocycles. The SMILES string of the molecule is COCC(=O)N(C)C1CCCc2ccccc21. The van der Waals surface area contributed by atoms with Crippen molar-refractivity contribution >= 4 is 5.91 Å². The fourth-order valence-corrected chi connectivity index (χ4v) is 2.53. The normalized spacial score (nSPS) is 18.6. The summed E-state index contributed by atoms with van der Waals surface area (Å²) in [7, 11) is 3.43. The summed E-state index contributed by atoms with van der Waals surface area (Å²) in [5.74, 6) is 0.0502. The molecule has 1 aromatic rings. The van der Waals surface area contributed by atoms with E-state index in [2.05, 4.69) is 18.2 Å². The molecule has 1 aliphatic rings. The van der Waals surface area contributed by atoms with Gasteiger partial charge in [0.1, 0.15) is 6.61 Å². The minimum atomic E-state index is 0.0502. The Hall–Kier alpha value is -1.35. The Morgan fingerprint density at radius 1 is 1.47 bits per heavy atom. The minimum Gasteiger partial charge on any atom is -0.375 e. The third kappa shape index (κ3) is 2.50. The molecule has 0 N–H and O–H groups in total. The van der Waals surface area contributed by atoms with E-state index in [-0.39, 0.29) is 18.6 Å². The van der Waals surface area contributed by atoms with Crippen molar-refractivity contribution in [3.8, 4) is 0 Å². The second kappa shape index (κ2) is 5.32. The van der Waals surface area contributed by atoms with Crippen molar-refractivity contribution in [2.24, 2.45) is 0 Å². The first kappa shape index (κ1) is 12.1. The molecule has 0 bridgehead atoms. The summed E-state index contributed by atoms with van der Waals surface area (Å²) in [6.45, 7) is 0.162. The molecule has 0 spiro atoms. The summed E-state index contributed by atoms with van der Waals surface area (Å²) >= 11 is 0. The van der Waals surface area contributed by atoms with E-state index in [1.807, 2.05) is 18.0 Å². The zero-order valence-corrected chi connectivity index (χ0v) is 10.5. The predicted octanol–water partition coefficient (Wildman–Crippen LogP) is 2.17. The lowest BCUT2D eigenvalue weighted by molar-refractivity contribution is -0.136. The monoisotopic (exact) mass is 233 g/mol. The van der Waals surface area contributed by atoms with E-state index >= 15 is 0 Å². The fourth-order valence-electron chi connectivity index (χ4n) is 2.53. The van der Waals surface area contributed by atoms with Crippen LogP contribution in [-0.4, -0.2) is 31.6 Å². The number of carbonyl (C=O) groups is 1. The van der Waals surface area contributed by atoms with Crippen LogP contribution in [0.15, 0.2) is 24.3 Å². The number of hydrogen-bond acceptors (Lipinski definition) is 2. The summed E-state index contributed by atoms with van der Waals surface area (Å²) in [6, 6.07) is 8.62. The maximum Gasteiger partial charge on any atom is 0.248 e. The molecule has 0 aromatic heterocycles. The van der Waals surface area contributed by atoms with Crippen LogP contribution in [0, 0.1) is 0 Å². The van der Waals surface area contributed by atoms with Crippen molar-refractivity contribution in [1.29, 1.82) is 0 Å². The largest absolute Gasteiger partial charge is 0.375 e. The second-order valence-electron chi connectivity index (χ2n) is 4.54. The van der Waals surface area contributed by atoms with Gasteiger partial charge in [0.15, 0.2) is 0 Å². The molecule has 0 fully saturated rings. The van der Waals surface area contributed by atoms with Gasteiger partial charge in [0.05, 0.1) is 6.04 Å². The van der Waals surface area contributed by atoms with Crippen LogP contribution >= 0.6 is 0 Å². The van der Waals surface area contributed by atoms with Gasteiger partial charge in [-0.25, -0.2) is 0 Å². The van der Waals surface area contributed by atoms with E-state index in [9.17, 15) is 4.79 Å². The molecule has 1 atom stereocenters.